The van der Waals surface area contributed by atoms with Gasteiger partial charge in [0.25, 0.3) is 5.91 Å². The minimum absolute atomic E-state index is 0.116. The van der Waals surface area contributed by atoms with E-state index in [-0.39, 0.29) is 24.3 Å². The lowest BCUT2D eigenvalue weighted by Crippen LogP contribution is -2.31. The molecule has 6 heteroatoms. The summed E-state index contributed by atoms with van der Waals surface area (Å²) in [5.74, 6) is 0.739. The van der Waals surface area contributed by atoms with Crippen molar-refractivity contribution < 1.29 is 19.1 Å². The van der Waals surface area contributed by atoms with Crippen LogP contribution in [0.5, 0.6) is 11.5 Å². The van der Waals surface area contributed by atoms with Gasteiger partial charge >= 0.3 is 0 Å². The second kappa shape index (κ2) is 9.47. The van der Waals surface area contributed by atoms with E-state index in [9.17, 15) is 9.59 Å². The van der Waals surface area contributed by atoms with Crippen LogP contribution < -0.4 is 9.47 Å². The number of carbonyl (C=O) groups is 2. The maximum absolute atomic E-state index is 13.2. The summed E-state index contributed by atoms with van der Waals surface area (Å²) in [6, 6.07) is 24.1. The molecular weight excluding hydrogens is 404 g/mol. The average molecular weight is 428 g/mol. The highest BCUT2D eigenvalue weighted by Crippen LogP contribution is 2.33. The fourth-order valence-electron chi connectivity index (χ4n) is 3.72. The molecule has 6 nitrogen and oxygen atoms in total. The van der Waals surface area contributed by atoms with Crippen molar-refractivity contribution in [2.75, 3.05) is 13.7 Å². The first-order valence-corrected chi connectivity index (χ1v) is 10.4. The number of rotatable bonds is 7. The number of hydrogen-bond donors (Lipinski definition) is 0. The zero-order chi connectivity index (χ0) is 22.5. The van der Waals surface area contributed by atoms with E-state index in [2.05, 4.69) is 5.10 Å². The molecule has 0 fully saturated rings. The molecule has 1 heterocycles. The minimum atomic E-state index is -0.282. The van der Waals surface area contributed by atoms with Crippen molar-refractivity contribution in [1.82, 2.24) is 5.01 Å². The first-order valence-electron chi connectivity index (χ1n) is 10.4. The van der Waals surface area contributed by atoms with Crippen LogP contribution in [0.4, 0.5) is 0 Å². The number of benzene rings is 3. The van der Waals surface area contributed by atoms with Crippen LogP contribution in [0.25, 0.3) is 0 Å². The van der Waals surface area contributed by atoms with Crippen molar-refractivity contribution in [3.05, 3.63) is 95.6 Å². The number of Topliss-reactive ketones (excluding diaryl/α,β-unsaturated/α-hetero) is 1. The van der Waals surface area contributed by atoms with Crippen LogP contribution in [-0.2, 0) is 4.79 Å². The van der Waals surface area contributed by atoms with E-state index in [1.54, 1.807) is 31.4 Å². The highest BCUT2D eigenvalue weighted by molar-refractivity contribution is 6.03. The van der Waals surface area contributed by atoms with Crippen molar-refractivity contribution in [1.29, 1.82) is 0 Å². The summed E-state index contributed by atoms with van der Waals surface area (Å²) in [5, 5.41) is 6.14. The topological polar surface area (TPSA) is 68.2 Å². The summed E-state index contributed by atoms with van der Waals surface area (Å²) >= 11 is 0. The van der Waals surface area contributed by atoms with Crippen molar-refractivity contribution >= 4 is 17.4 Å². The molecule has 0 saturated heterocycles. The maximum atomic E-state index is 13.2. The second-order valence-electron chi connectivity index (χ2n) is 7.49. The van der Waals surface area contributed by atoms with Crippen LogP contribution >= 0.6 is 0 Å². The summed E-state index contributed by atoms with van der Waals surface area (Å²) in [7, 11) is 1.62. The summed E-state index contributed by atoms with van der Waals surface area (Å²) < 4.78 is 11.0. The molecule has 0 aromatic heterocycles. The van der Waals surface area contributed by atoms with Gasteiger partial charge in [0.05, 0.1) is 24.4 Å². The van der Waals surface area contributed by atoms with Crippen LogP contribution in [0.15, 0.2) is 84.0 Å². The predicted molar refractivity (Wildman–Crippen MR) is 122 cm³/mol. The van der Waals surface area contributed by atoms with E-state index in [1.165, 1.54) is 11.9 Å². The van der Waals surface area contributed by atoms with Crippen LogP contribution in [0.1, 0.15) is 40.9 Å². The lowest BCUT2D eigenvalue weighted by Gasteiger charge is -2.22. The number of amides is 1. The van der Waals surface area contributed by atoms with Gasteiger partial charge < -0.3 is 9.47 Å². The van der Waals surface area contributed by atoms with Gasteiger partial charge in [-0.3, -0.25) is 9.59 Å². The lowest BCUT2D eigenvalue weighted by molar-refractivity contribution is -0.135. The number of hydrogen-bond acceptors (Lipinski definition) is 5. The molecule has 1 aliphatic rings. The van der Waals surface area contributed by atoms with Gasteiger partial charge in [-0.2, -0.15) is 5.10 Å². The Kier molecular flexibility index (Phi) is 6.31. The molecule has 0 radical (unpaired) electrons. The van der Waals surface area contributed by atoms with Crippen LogP contribution in [0, 0.1) is 0 Å². The summed E-state index contributed by atoms with van der Waals surface area (Å²) in [4.78, 5) is 25.0. The van der Waals surface area contributed by atoms with Gasteiger partial charge in [0.2, 0.25) is 0 Å². The van der Waals surface area contributed by atoms with E-state index < -0.39 is 0 Å². The van der Waals surface area contributed by atoms with Gasteiger partial charge in [-0.05, 0) is 42.3 Å². The number of ketones is 1. The molecule has 0 bridgehead atoms. The second-order valence-corrected chi connectivity index (χ2v) is 7.49. The first-order chi connectivity index (χ1) is 15.6. The molecule has 3 aromatic rings. The van der Waals surface area contributed by atoms with Gasteiger partial charge in [-0.15, -0.1) is 0 Å². The van der Waals surface area contributed by atoms with Crippen LogP contribution in [0.2, 0.25) is 0 Å². The van der Waals surface area contributed by atoms with Gasteiger partial charge in [0.15, 0.2) is 12.4 Å². The van der Waals surface area contributed by atoms with E-state index in [1.807, 2.05) is 54.6 Å². The number of carbonyl (C=O) groups excluding carboxylic acids is 2. The highest BCUT2D eigenvalue weighted by Gasteiger charge is 2.33. The summed E-state index contributed by atoms with van der Waals surface area (Å²) in [6.45, 7) is 1.25. The number of hydrazone groups is 1. The molecule has 1 amide bonds. The Morgan fingerprint density at radius 3 is 2.34 bits per heavy atom. The molecule has 1 aliphatic heterocycles. The summed E-state index contributed by atoms with van der Waals surface area (Å²) in [5.41, 5.74) is 3.22. The Labute approximate surface area is 187 Å². The zero-order valence-electron chi connectivity index (χ0n) is 18.0. The Hall–Kier alpha value is -3.93. The molecule has 0 saturated carbocycles. The minimum Gasteiger partial charge on any atom is -0.497 e. The fraction of sp³-hybridized carbons (Fsp3) is 0.192. The van der Waals surface area contributed by atoms with Gasteiger partial charge in [-0.1, -0.05) is 54.6 Å². The monoisotopic (exact) mass is 428 g/mol. The predicted octanol–water partition coefficient (Wildman–Crippen LogP) is 4.65. The van der Waals surface area contributed by atoms with Crippen LogP contribution in [-0.4, -0.2) is 36.1 Å². The van der Waals surface area contributed by atoms with E-state index in [0.29, 0.717) is 17.7 Å². The Bertz CT molecular complexity index is 1140. The number of methoxy groups -OCH3 is 1. The molecule has 4 rings (SSSR count). The third kappa shape index (κ3) is 4.54. The Balaban J connectivity index is 1.58. The number of nitrogens with zero attached hydrogens (tertiary/aromatic N) is 2. The molecule has 1 atom stereocenters. The smallest absolute Gasteiger partial charge is 0.281 e. The van der Waals surface area contributed by atoms with E-state index in [4.69, 9.17) is 9.47 Å². The molecule has 1 unspecified atom stereocenters. The quantitative estimate of drug-likeness (QED) is 0.514. The van der Waals surface area contributed by atoms with Gasteiger partial charge in [-0.25, -0.2) is 5.01 Å². The molecule has 0 N–H and O–H groups in total. The highest BCUT2D eigenvalue weighted by atomic mass is 16.5. The zero-order valence-corrected chi connectivity index (χ0v) is 18.0. The Morgan fingerprint density at radius 1 is 0.969 bits per heavy atom. The fourth-order valence-corrected chi connectivity index (χ4v) is 3.72. The SMILES string of the molecule is COc1ccc(C2CC(c3ccccc3)=NN2C(=O)COc2ccccc2C(C)=O)cc1. The standard InChI is InChI=1S/C26H24N2O4/c1-18(29)22-10-6-7-11-25(22)32-17-26(30)28-24(20-12-14-21(31-2)15-13-20)16-23(27-28)19-8-4-3-5-9-19/h3-15,24H,16-17H2,1-2H3. The van der Waals surface area contributed by atoms with Crippen molar-refractivity contribution in [3.63, 3.8) is 0 Å². The van der Waals surface area contributed by atoms with E-state index >= 15 is 0 Å². The lowest BCUT2D eigenvalue weighted by atomic mass is 9.98. The van der Waals surface area contributed by atoms with Crippen molar-refractivity contribution in [3.8, 4) is 11.5 Å². The van der Waals surface area contributed by atoms with Gasteiger partial charge in [0, 0.05) is 6.42 Å². The number of para-hydroxylation sites is 1. The molecule has 0 spiro atoms. The molecule has 162 valence electrons. The maximum Gasteiger partial charge on any atom is 0.281 e. The third-order valence-corrected chi connectivity index (χ3v) is 5.39. The molecular formula is C26H24N2O4. The molecule has 0 aliphatic carbocycles. The van der Waals surface area contributed by atoms with Crippen molar-refractivity contribution in [2.45, 2.75) is 19.4 Å². The van der Waals surface area contributed by atoms with E-state index in [0.717, 1.165) is 22.6 Å². The normalized spacial score (nSPS) is 15.2. The first kappa shape index (κ1) is 21.3. The Morgan fingerprint density at radius 2 is 1.66 bits per heavy atom. The summed E-state index contributed by atoms with van der Waals surface area (Å²) in [6.07, 6.45) is 0.589. The number of ether oxygens (including phenoxy) is 2. The molecule has 32 heavy (non-hydrogen) atoms. The largest absolute Gasteiger partial charge is 0.497 e. The van der Waals surface area contributed by atoms with Crippen molar-refractivity contribution in [2.24, 2.45) is 5.10 Å². The average Bonchev–Trinajstić information content (AvgIpc) is 3.29. The van der Waals surface area contributed by atoms with Gasteiger partial charge in [0.1, 0.15) is 11.5 Å². The van der Waals surface area contributed by atoms with Crippen LogP contribution in [0.3, 0.4) is 0 Å². The third-order valence-electron chi connectivity index (χ3n) is 5.39. The molecule has 3 aromatic carbocycles.